The molecule has 1 aromatic carbocycles. The maximum atomic E-state index is 11.6. The van der Waals surface area contributed by atoms with E-state index in [1.807, 2.05) is 37.3 Å². The van der Waals surface area contributed by atoms with Crippen LogP contribution in [0.4, 0.5) is 4.79 Å². The van der Waals surface area contributed by atoms with Gasteiger partial charge in [-0.05, 0) is 12.5 Å². The van der Waals surface area contributed by atoms with Gasteiger partial charge in [-0.25, -0.2) is 4.79 Å². The molecule has 1 aliphatic rings. The summed E-state index contributed by atoms with van der Waals surface area (Å²) in [6.07, 6.45) is -0.408. The average Bonchev–Trinajstić information content (AvgIpc) is 2.34. The molecule has 0 bridgehead atoms. The molecule has 1 aliphatic heterocycles. The first-order chi connectivity index (χ1) is 8.19. The van der Waals surface area contributed by atoms with Crippen LogP contribution in [0.5, 0.6) is 0 Å². The number of ether oxygens (including phenoxy) is 1. The van der Waals surface area contributed by atoms with E-state index in [-0.39, 0.29) is 0 Å². The minimum absolute atomic E-state index is 0.400. The summed E-state index contributed by atoms with van der Waals surface area (Å²) in [5.74, 6) is 0. The second-order valence-corrected chi connectivity index (χ2v) is 4.20. The second kappa shape index (κ2) is 4.88. The molecule has 0 aromatic heterocycles. The Morgan fingerprint density at radius 3 is 2.76 bits per heavy atom. The van der Waals surface area contributed by atoms with Gasteiger partial charge in [0.05, 0.1) is 0 Å². The molecule has 88 valence electrons. The molecule has 0 saturated carbocycles. The fourth-order valence-electron chi connectivity index (χ4n) is 1.77. The number of amides is 1. The minimum atomic E-state index is -0.586. The Morgan fingerprint density at radius 1 is 1.47 bits per heavy atom. The van der Waals surface area contributed by atoms with Crippen molar-refractivity contribution in [1.82, 2.24) is 4.90 Å². The Kier molecular flexibility index (Phi) is 3.29. The van der Waals surface area contributed by atoms with Gasteiger partial charge in [0.2, 0.25) is 0 Å². The van der Waals surface area contributed by atoms with Crippen LogP contribution in [0.3, 0.4) is 0 Å². The number of cyclic esters (lactones) is 1. The van der Waals surface area contributed by atoms with Gasteiger partial charge in [-0.2, -0.15) is 5.26 Å². The highest BCUT2D eigenvalue weighted by molar-refractivity contribution is 5.68. The van der Waals surface area contributed by atoms with Crippen LogP contribution in [0.1, 0.15) is 17.5 Å². The monoisotopic (exact) mass is 230 g/mol. The normalized spacial score (nSPS) is 19.6. The highest BCUT2D eigenvalue weighted by Gasteiger charge is 2.26. The lowest BCUT2D eigenvalue weighted by molar-refractivity contribution is 0.0448. The molecule has 2 rings (SSSR count). The van der Waals surface area contributed by atoms with E-state index >= 15 is 0 Å². The van der Waals surface area contributed by atoms with Gasteiger partial charge in [-0.15, -0.1) is 0 Å². The van der Waals surface area contributed by atoms with Crippen LogP contribution < -0.4 is 0 Å². The number of hydrogen-bond donors (Lipinski definition) is 0. The van der Waals surface area contributed by atoms with Crippen molar-refractivity contribution in [3.63, 3.8) is 0 Å². The van der Waals surface area contributed by atoms with Crippen LogP contribution in [0.15, 0.2) is 24.3 Å². The van der Waals surface area contributed by atoms with Crippen LogP contribution in [0.25, 0.3) is 0 Å². The quantitative estimate of drug-likeness (QED) is 0.782. The zero-order chi connectivity index (χ0) is 12.3. The van der Waals surface area contributed by atoms with Crippen molar-refractivity contribution in [3.05, 3.63) is 35.4 Å². The molecule has 4 nitrogen and oxygen atoms in total. The largest absolute Gasteiger partial charge is 0.431 e. The van der Waals surface area contributed by atoms with Gasteiger partial charge in [0.1, 0.15) is 6.07 Å². The van der Waals surface area contributed by atoms with Crippen LogP contribution in [0, 0.1) is 18.3 Å². The molecule has 4 heteroatoms. The van der Waals surface area contributed by atoms with E-state index in [9.17, 15) is 4.79 Å². The Hall–Kier alpha value is -2.02. The van der Waals surface area contributed by atoms with Crippen LogP contribution in [0.2, 0.25) is 0 Å². The van der Waals surface area contributed by atoms with Gasteiger partial charge in [0.25, 0.3) is 0 Å². The second-order valence-electron chi connectivity index (χ2n) is 4.20. The molecule has 1 atom stereocenters. The van der Waals surface area contributed by atoms with Crippen LogP contribution in [-0.4, -0.2) is 23.6 Å². The molecular weight excluding hydrogens is 216 g/mol. The third-order valence-corrected chi connectivity index (χ3v) is 2.80. The highest BCUT2D eigenvalue weighted by atomic mass is 16.6. The molecule has 1 unspecified atom stereocenters. The molecule has 1 amide bonds. The number of carbonyl (C=O) groups is 1. The Labute approximate surface area is 100 Å². The highest BCUT2D eigenvalue weighted by Crippen LogP contribution is 2.15. The van der Waals surface area contributed by atoms with Crippen molar-refractivity contribution in [3.8, 4) is 6.07 Å². The predicted octanol–water partition coefficient (Wildman–Crippen LogP) is 2.23. The van der Waals surface area contributed by atoms with E-state index in [1.165, 1.54) is 5.56 Å². The molecule has 1 aromatic rings. The van der Waals surface area contributed by atoms with E-state index in [0.717, 1.165) is 5.56 Å². The molecule has 0 spiro atoms. The summed E-state index contributed by atoms with van der Waals surface area (Å²) in [6.45, 7) is 3.14. The summed E-state index contributed by atoms with van der Waals surface area (Å²) in [5, 5.41) is 8.67. The SMILES string of the molecule is Cc1ccc(CN2CCC(C#N)OC2=O)cc1. The maximum absolute atomic E-state index is 11.6. The Balaban J connectivity index is 1.98. The third-order valence-electron chi connectivity index (χ3n) is 2.80. The molecule has 0 radical (unpaired) electrons. The number of benzene rings is 1. The number of rotatable bonds is 2. The van der Waals surface area contributed by atoms with Gasteiger partial charge in [-0.1, -0.05) is 29.8 Å². The third kappa shape index (κ3) is 2.76. The summed E-state index contributed by atoms with van der Waals surface area (Å²) in [7, 11) is 0. The number of nitriles is 1. The van der Waals surface area contributed by atoms with Crippen molar-refractivity contribution >= 4 is 6.09 Å². The first-order valence-electron chi connectivity index (χ1n) is 5.60. The minimum Gasteiger partial charge on any atom is -0.431 e. The molecule has 17 heavy (non-hydrogen) atoms. The van der Waals surface area contributed by atoms with Crippen molar-refractivity contribution in [2.24, 2.45) is 0 Å². The maximum Gasteiger partial charge on any atom is 0.411 e. The molecule has 1 saturated heterocycles. The summed E-state index contributed by atoms with van der Waals surface area (Å²) >= 11 is 0. The van der Waals surface area contributed by atoms with Gasteiger partial charge >= 0.3 is 6.09 Å². The fraction of sp³-hybridized carbons (Fsp3) is 0.385. The summed E-state index contributed by atoms with van der Waals surface area (Å²) in [4.78, 5) is 13.2. The molecule has 1 heterocycles. The summed E-state index contributed by atoms with van der Waals surface area (Å²) in [5.41, 5.74) is 2.27. The fourth-order valence-corrected chi connectivity index (χ4v) is 1.77. The lowest BCUT2D eigenvalue weighted by Gasteiger charge is -2.28. The van der Waals surface area contributed by atoms with Gasteiger partial charge < -0.3 is 9.64 Å². The lowest BCUT2D eigenvalue weighted by atomic mass is 10.1. The average molecular weight is 230 g/mol. The number of carbonyl (C=O) groups excluding carboxylic acids is 1. The Morgan fingerprint density at radius 2 is 2.18 bits per heavy atom. The zero-order valence-electron chi connectivity index (χ0n) is 9.72. The number of aryl methyl sites for hydroxylation is 1. The lowest BCUT2D eigenvalue weighted by Crippen LogP contribution is -2.40. The topological polar surface area (TPSA) is 53.3 Å². The Bertz CT molecular complexity index is 447. The van der Waals surface area contributed by atoms with Gasteiger partial charge in [0, 0.05) is 19.5 Å². The molecular formula is C13H14N2O2. The van der Waals surface area contributed by atoms with E-state index < -0.39 is 12.2 Å². The van der Waals surface area contributed by atoms with Gasteiger partial charge in [-0.3, -0.25) is 0 Å². The van der Waals surface area contributed by atoms with E-state index in [4.69, 9.17) is 10.00 Å². The van der Waals surface area contributed by atoms with E-state index in [2.05, 4.69) is 0 Å². The molecule has 0 aliphatic carbocycles. The zero-order valence-corrected chi connectivity index (χ0v) is 9.72. The van der Waals surface area contributed by atoms with Crippen LogP contribution in [-0.2, 0) is 11.3 Å². The summed E-state index contributed by atoms with van der Waals surface area (Å²) < 4.78 is 4.97. The van der Waals surface area contributed by atoms with Crippen molar-refractivity contribution in [1.29, 1.82) is 5.26 Å². The smallest absolute Gasteiger partial charge is 0.411 e. The van der Waals surface area contributed by atoms with Crippen LogP contribution >= 0.6 is 0 Å². The number of hydrogen-bond acceptors (Lipinski definition) is 3. The first kappa shape index (κ1) is 11.5. The predicted molar refractivity (Wildman–Crippen MR) is 62.1 cm³/mol. The van der Waals surface area contributed by atoms with Crippen molar-refractivity contribution < 1.29 is 9.53 Å². The van der Waals surface area contributed by atoms with E-state index in [1.54, 1.807) is 4.90 Å². The van der Waals surface area contributed by atoms with Gasteiger partial charge in [0.15, 0.2) is 6.10 Å². The first-order valence-corrected chi connectivity index (χ1v) is 5.60. The van der Waals surface area contributed by atoms with Crippen molar-refractivity contribution in [2.45, 2.75) is 26.0 Å². The molecule has 1 fully saturated rings. The molecule has 0 N–H and O–H groups in total. The van der Waals surface area contributed by atoms with E-state index in [0.29, 0.717) is 19.5 Å². The standard InChI is InChI=1S/C13H14N2O2/c1-10-2-4-11(5-3-10)9-15-7-6-12(8-14)17-13(15)16/h2-5,12H,6-7,9H2,1H3. The number of nitrogens with zero attached hydrogens (tertiary/aromatic N) is 2. The summed E-state index contributed by atoms with van der Waals surface area (Å²) in [6, 6.07) is 9.99. The van der Waals surface area contributed by atoms with Crippen molar-refractivity contribution in [2.75, 3.05) is 6.54 Å².